The fourth-order valence-corrected chi connectivity index (χ4v) is 3.99. The van der Waals surface area contributed by atoms with E-state index < -0.39 is 0 Å². The Balaban J connectivity index is 1.61. The van der Waals surface area contributed by atoms with Gasteiger partial charge in [-0.05, 0) is 67.3 Å². The Kier molecular flexibility index (Phi) is 7.41. The molecule has 5 heteroatoms. The predicted octanol–water partition coefficient (Wildman–Crippen LogP) is 6.66. The minimum atomic E-state index is -0.253. The molecule has 166 valence electrons. The summed E-state index contributed by atoms with van der Waals surface area (Å²) in [6.45, 7) is 10.3. The highest BCUT2D eigenvalue weighted by Crippen LogP contribution is 2.25. The standard InChI is InChI=1S/C27H30N2O2S/c1-18-9-15-24(16-10-18)32-19(2)25(30)28-22-7-6-8-23(17-22)29-26(31)20-11-13-21(14-12-20)27(3,4)5/h6-17,19H,1-5H3,(H,28,30)(H,29,31)/t19-/m1/s1. The first-order chi connectivity index (χ1) is 15.1. The summed E-state index contributed by atoms with van der Waals surface area (Å²) < 4.78 is 0. The van der Waals surface area contributed by atoms with Crippen LogP contribution in [0.25, 0.3) is 0 Å². The summed E-state index contributed by atoms with van der Waals surface area (Å²) in [5, 5.41) is 5.60. The van der Waals surface area contributed by atoms with E-state index in [0.717, 1.165) is 4.90 Å². The van der Waals surface area contributed by atoms with Gasteiger partial charge in [0.15, 0.2) is 0 Å². The molecule has 1 atom stereocenters. The smallest absolute Gasteiger partial charge is 0.255 e. The first kappa shape index (κ1) is 23.6. The lowest BCUT2D eigenvalue weighted by Gasteiger charge is -2.19. The molecule has 0 aliphatic carbocycles. The third-order valence-corrected chi connectivity index (χ3v) is 6.22. The van der Waals surface area contributed by atoms with Crippen LogP contribution in [0.1, 0.15) is 49.2 Å². The van der Waals surface area contributed by atoms with Crippen LogP contribution >= 0.6 is 11.8 Å². The van der Waals surface area contributed by atoms with Gasteiger partial charge in [-0.15, -0.1) is 11.8 Å². The van der Waals surface area contributed by atoms with Crippen LogP contribution in [0.3, 0.4) is 0 Å². The number of rotatable bonds is 6. The van der Waals surface area contributed by atoms with Crippen LogP contribution < -0.4 is 10.6 Å². The summed E-state index contributed by atoms with van der Waals surface area (Å²) in [7, 11) is 0. The first-order valence-electron chi connectivity index (χ1n) is 10.7. The predicted molar refractivity (Wildman–Crippen MR) is 135 cm³/mol. The molecule has 3 aromatic rings. The molecule has 0 unspecified atom stereocenters. The third kappa shape index (κ3) is 6.47. The Labute approximate surface area is 194 Å². The van der Waals surface area contributed by atoms with Crippen molar-refractivity contribution in [3.63, 3.8) is 0 Å². The summed E-state index contributed by atoms with van der Waals surface area (Å²) in [6, 6.07) is 23.0. The van der Waals surface area contributed by atoms with E-state index in [2.05, 4.69) is 31.4 Å². The lowest BCUT2D eigenvalue weighted by molar-refractivity contribution is -0.115. The van der Waals surface area contributed by atoms with Crippen LogP contribution in [0.2, 0.25) is 0 Å². The van der Waals surface area contributed by atoms with Gasteiger partial charge in [0, 0.05) is 21.8 Å². The molecule has 0 aromatic heterocycles. The normalized spacial score (nSPS) is 12.2. The Morgan fingerprint density at radius 1 is 0.844 bits per heavy atom. The van der Waals surface area contributed by atoms with Crippen molar-refractivity contribution in [1.29, 1.82) is 0 Å². The lowest BCUT2D eigenvalue weighted by Crippen LogP contribution is -2.22. The monoisotopic (exact) mass is 446 g/mol. The molecule has 0 saturated carbocycles. The zero-order valence-electron chi connectivity index (χ0n) is 19.2. The van der Waals surface area contributed by atoms with Gasteiger partial charge < -0.3 is 10.6 Å². The highest BCUT2D eigenvalue weighted by Gasteiger charge is 2.16. The number of thioether (sulfide) groups is 1. The Morgan fingerprint density at radius 2 is 1.44 bits per heavy atom. The van der Waals surface area contributed by atoms with Crippen LogP contribution in [-0.2, 0) is 10.2 Å². The van der Waals surface area contributed by atoms with E-state index in [0.29, 0.717) is 16.9 Å². The lowest BCUT2D eigenvalue weighted by atomic mass is 9.87. The second-order valence-electron chi connectivity index (χ2n) is 8.92. The van der Waals surface area contributed by atoms with E-state index in [4.69, 9.17) is 0 Å². The molecule has 0 heterocycles. The van der Waals surface area contributed by atoms with Gasteiger partial charge >= 0.3 is 0 Å². The second kappa shape index (κ2) is 10.0. The van der Waals surface area contributed by atoms with E-state index in [1.807, 2.05) is 80.6 Å². The largest absolute Gasteiger partial charge is 0.325 e. The molecule has 3 aromatic carbocycles. The van der Waals surface area contributed by atoms with E-state index in [1.54, 1.807) is 6.07 Å². The molecule has 2 amide bonds. The van der Waals surface area contributed by atoms with Gasteiger partial charge in [0.2, 0.25) is 5.91 Å². The number of amides is 2. The van der Waals surface area contributed by atoms with Gasteiger partial charge in [0.1, 0.15) is 0 Å². The van der Waals surface area contributed by atoms with Gasteiger partial charge in [-0.3, -0.25) is 9.59 Å². The number of hydrogen-bond donors (Lipinski definition) is 2. The number of carbonyl (C=O) groups excluding carboxylic acids is 2. The Hall–Kier alpha value is -3.05. The molecule has 0 bridgehead atoms. The maximum atomic E-state index is 12.6. The van der Waals surface area contributed by atoms with Crippen molar-refractivity contribution < 1.29 is 9.59 Å². The second-order valence-corrected chi connectivity index (χ2v) is 10.3. The minimum absolute atomic E-state index is 0.0381. The Morgan fingerprint density at radius 3 is 2.03 bits per heavy atom. The van der Waals surface area contributed by atoms with Crippen LogP contribution in [-0.4, -0.2) is 17.1 Å². The highest BCUT2D eigenvalue weighted by atomic mass is 32.2. The molecule has 0 fully saturated rings. The van der Waals surface area contributed by atoms with E-state index in [-0.39, 0.29) is 22.5 Å². The van der Waals surface area contributed by atoms with Crippen molar-refractivity contribution in [2.75, 3.05) is 10.6 Å². The van der Waals surface area contributed by atoms with Crippen LogP contribution in [0.4, 0.5) is 11.4 Å². The maximum Gasteiger partial charge on any atom is 0.255 e. The van der Waals surface area contributed by atoms with E-state index in [1.165, 1.54) is 22.9 Å². The highest BCUT2D eigenvalue weighted by molar-refractivity contribution is 8.00. The summed E-state index contributed by atoms with van der Waals surface area (Å²) in [4.78, 5) is 26.3. The zero-order chi connectivity index (χ0) is 23.3. The molecule has 0 aliphatic rings. The van der Waals surface area contributed by atoms with Gasteiger partial charge in [0.05, 0.1) is 5.25 Å². The van der Waals surface area contributed by atoms with Crippen molar-refractivity contribution in [1.82, 2.24) is 0 Å². The number of anilines is 2. The van der Waals surface area contributed by atoms with Crippen molar-refractivity contribution in [2.45, 2.75) is 50.2 Å². The van der Waals surface area contributed by atoms with Crippen LogP contribution in [0, 0.1) is 6.92 Å². The summed E-state index contributed by atoms with van der Waals surface area (Å²) in [5.41, 5.74) is 4.28. The molecule has 0 aliphatic heterocycles. The third-order valence-electron chi connectivity index (χ3n) is 5.10. The average Bonchev–Trinajstić information content (AvgIpc) is 2.75. The molecular formula is C27H30N2O2S. The summed E-state index contributed by atoms with van der Waals surface area (Å²) in [6.07, 6.45) is 0. The van der Waals surface area contributed by atoms with Crippen molar-refractivity contribution in [3.8, 4) is 0 Å². The van der Waals surface area contributed by atoms with Crippen molar-refractivity contribution in [2.24, 2.45) is 0 Å². The maximum absolute atomic E-state index is 12.6. The number of nitrogens with one attached hydrogen (secondary N) is 2. The molecule has 2 N–H and O–H groups in total. The first-order valence-corrected chi connectivity index (χ1v) is 11.6. The topological polar surface area (TPSA) is 58.2 Å². The van der Waals surface area contributed by atoms with Gasteiger partial charge in [0.25, 0.3) is 5.91 Å². The van der Waals surface area contributed by atoms with Crippen LogP contribution in [0.5, 0.6) is 0 Å². The molecule has 32 heavy (non-hydrogen) atoms. The van der Waals surface area contributed by atoms with Crippen molar-refractivity contribution in [3.05, 3.63) is 89.5 Å². The average molecular weight is 447 g/mol. The molecule has 0 saturated heterocycles. The fourth-order valence-electron chi connectivity index (χ4n) is 3.12. The number of benzene rings is 3. The minimum Gasteiger partial charge on any atom is -0.325 e. The summed E-state index contributed by atoms with van der Waals surface area (Å²) >= 11 is 1.51. The molecule has 3 rings (SSSR count). The van der Waals surface area contributed by atoms with Crippen molar-refractivity contribution >= 4 is 35.0 Å². The molecule has 0 radical (unpaired) electrons. The van der Waals surface area contributed by atoms with Gasteiger partial charge in [-0.25, -0.2) is 0 Å². The number of aryl methyl sites for hydroxylation is 1. The van der Waals surface area contributed by atoms with E-state index >= 15 is 0 Å². The number of hydrogen-bond acceptors (Lipinski definition) is 3. The summed E-state index contributed by atoms with van der Waals surface area (Å²) in [5.74, 6) is -0.269. The molecule has 4 nitrogen and oxygen atoms in total. The van der Waals surface area contributed by atoms with Gasteiger partial charge in [-0.1, -0.05) is 56.7 Å². The van der Waals surface area contributed by atoms with Gasteiger partial charge in [-0.2, -0.15) is 0 Å². The quantitative estimate of drug-likeness (QED) is 0.416. The fraction of sp³-hybridized carbons (Fsp3) is 0.259. The SMILES string of the molecule is Cc1ccc(S[C@H](C)C(=O)Nc2cccc(NC(=O)c3ccc(C(C)(C)C)cc3)c2)cc1. The number of carbonyl (C=O) groups is 2. The zero-order valence-corrected chi connectivity index (χ0v) is 20.0. The Bertz CT molecular complexity index is 1080. The van der Waals surface area contributed by atoms with Crippen LogP contribution in [0.15, 0.2) is 77.7 Å². The van der Waals surface area contributed by atoms with E-state index in [9.17, 15) is 9.59 Å². The molecule has 0 spiro atoms. The molecular weight excluding hydrogens is 416 g/mol.